The van der Waals surface area contributed by atoms with E-state index in [9.17, 15) is 5.11 Å². The van der Waals surface area contributed by atoms with Crippen LogP contribution < -0.4 is 9.47 Å². The third kappa shape index (κ3) is 3.48. The number of benzene rings is 2. The zero-order chi connectivity index (χ0) is 15.5. The fourth-order valence-electron chi connectivity index (χ4n) is 2.44. The molecular weight excluding hydrogens is 264 g/mol. The Morgan fingerprint density at radius 1 is 0.905 bits per heavy atom. The van der Waals surface area contributed by atoms with Gasteiger partial charge in [0.1, 0.15) is 17.2 Å². The molecule has 2 aromatic carbocycles. The monoisotopic (exact) mass is 286 g/mol. The molecule has 2 rings (SSSR count). The largest absolute Gasteiger partial charge is 0.508 e. The number of aromatic hydroxyl groups is 1. The lowest BCUT2D eigenvalue weighted by Gasteiger charge is -2.26. The number of hydrogen-bond acceptors (Lipinski definition) is 3. The van der Waals surface area contributed by atoms with E-state index in [2.05, 4.69) is 26.0 Å². The summed E-state index contributed by atoms with van der Waals surface area (Å²) in [5.41, 5.74) is 2.04. The Bertz CT molecular complexity index is 600. The Balaban J connectivity index is 2.23. The quantitative estimate of drug-likeness (QED) is 0.905. The number of hydrogen-bond donors (Lipinski definition) is 1. The Labute approximate surface area is 126 Å². The minimum Gasteiger partial charge on any atom is -0.508 e. The van der Waals surface area contributed by atoms with Gasteiger partial charge >= 0.3 is 0 Å². The fourth-order valence-corrected chi connectivity index (χ4v) is 2.44. The summed E-state index contributed by atoms with van der Waals surface area (Å²) in [7, 11) is 3.26. The van der Waals surface area contributed by atoms with Crippen LogP contribution in [-0.2, 0) is 11.8 Å². The standard InChI is InChI=1S/C18H22O3/c1-18(2,14-6-9-15(20-3)10-7-14)12-13-5-8-16(21-4)11-17(13)19/h5-11,19H,12H2,1-4H3. The van der Waals surface area contributed by atoms with Crippen molar-refractivity contribution in [1.29, 1.82) is 0 Å². The van der Waals surface area contributed by atoms with Crippen LogP contribution in [0.2, 0.25) is 0 Å². The molecule has 0 aromatic heterocycles. The summed E-state index contributed by atoms with van der Waals surface area (Å²) in [6.45, 7) is 4.33. The van der Waals surface area contributed by atoms with Gasteiger partial charge in [-0.05, 0) is 41.2 Å². The number of phenolic OH excluding ortho intramolecular Hbond substituents is 1. The fraction of sp³-hybridized carbons (Fsp3) is 0.333. The van der Waals surface area contributed by atoms with E-state index in [4.69, 9.17) is 9.47 Å². The van der Waals surface area contributed by atoms with Crippen molar-refractivity contribution in [2.75, 3.05) is 14.2 Å². The van der Waals surface area contributed by atoms with Gasteiger partial charge in [0.2, 0.25) is 0 Å². The molecule has 0 amide bonds. The highest BCUT2D eigenvalue weighted by Crippen LogP contribution is 2.33. The van der Waals surface area contributed by atoms with Gasteiger partial charge in [-0.3, -0.25) is 0 Å². The van der Waals surface area contributed by atoms with Crippen LogP contribution in [0.1, 0.15) is 25.0 Å². The van der Waals surface area contributed by atoms with Gasteiger partial charge in [0, 0.05) is 6.07 Å². The van der Waals surface area contributed by atoms with Crippen LogP contribution in [0.4, 0.5) is 0 Å². The lowest BCUT2D eigenvalue weighted by molar-refractivity contribution is 0.403. The van der Waals surface area contributed by atoms with Gasteiger partial charge in [0.25, 0.3) is 0 Å². The molecule has 3 nitrogen and oxygen atoms in total. The first-order valence-corrected chi connectivity index (χ1v) is 6.96. The minimum atomic E-state index is -0.0850. The summed E-state index contributed by atoms with van der Waals surface area (Å²) in [4.78, 5) is 0. The SMILES string of the molecule is COc1ccc(C(C)(C)Cc2ccc(OC)cc2O)cc1. The van der Waals surface area contributed by atoms with E-state index in [1.165, 1.54) is 5.56 Å². The zero-order valence-corrected chi connectivity index (χ0v) is 13.0. The summed E-state index contributed by atoms with van der Waals surface area (Å²) in [5.74, 6) is 1.79. The minimum absolute atomic E-state index is 0.0850. The summed E-state index contributed by atoms with van der Waals surface area (Å²) in [6, 6.07) is 13.5. The van der Waals surface area contributed by atoms with Gasteiger partial charge in [-0.1, -0.05) is 32.0 Å². The molecular formula is C18H22O3. The van der Waals surface area contributed by atoms with E-state index in [1.807, 2.05) is 24.3 Å². The van der Waals surface area contributed by atoms with E-state index in [0.717, 1.165) is 17.7 Å². The molecule has 0 aliphatic rings. The second-order valence-electron chi connectivity index (χ2n) is 5.78. The van der Waals surface area contributed by atoms with Crippen molar-refractivity contribution in [2.24, 2.45) is 0 Å². The maximum Gasteiger partial charge on any atom is 0.122 e. The van der Waals surface area contributed by atoms with Crippen LogP contribution in [0.25, 0.3) is 0 Å². The molecule has 0 radical (unpaired) electrons. The van der Waals surface area contributed by atoms with Crippen LogP contribution in [0.15, 0.2) is 42.5 Å². The van der Waals surface area contributed by atoms with Crippen molar-refractivity contribution in [2.45, 2.75) is 25.7 Å². The second-order valence-corrected chi connectivity index (χ2v) is 5.78. The maximum absolute atomic E-state index is 10.1. The lowest BCUT2D eigenvalue weighted by Crippen LogP contribution is -2.20. The Morgan fingerprint density at radius 2 is 1.48 bits per heavy atom. The summed E-state index contributed by atoms with van der Waals surface area (Å²) in [5, 5.41) is 10.1. The molecule has 112 valence electrons. The van der Waals surface area contributed by atoms with E-state index in [0.29, 0.717) is 5.75 Å². The van der Waals surface area contributed by atoms with E-state index < -0.39 is 0 Å². The van der Waals surface area contributed by atoms with Gasteiger partial charge in [-0.15, -0.1) is 0 Å². The summed E-state index contributed by atoms with van der Waals surface area (Å²) in [6.07, 6.45) is 0.745. The molecule has 1 N–H and O–H groups in total. The highest BCUT2D eigenvalue weighted by Gasteiger charge is 2.22. The number of phenols is 1. The van der Waals surface area contributed by atoms with Gasteiger partial charge in [0.15, 0.2) is 0 Å². The van der Waals surface area contributed by atoms with Crippen LogP contribution >= 0.6 is 0 Å². The van der Waals surface area contributed by atoms with E-state index in [-0.39, 0.29) is 11.2 Å². The number of rotatable bonds is 5. The summed E-state index contributed by atoms with van der Waals surface area (Å²) >= 11 is 0. The molecule has 0 fully saturated rings. The molecule has 0 spiro atoms. The molecule has 3 heteroatoms. The molecule has 0 heterocycles. The first-order chi connectivity index (χ1) is 9.96. The predicted molar refractivity (Wildman–Crippen MR) is 84.4 cm³/mol. The van der Waals surface area contributed by atoms with Crippen molar-refractivity contribution < 1.29 is 14.6 Å². The molecule has 0 unspecified atom stereocenters. The smallest absolute Gasteiger partial charge is 0.122 e. The van der Waals surface area contributed by atoms with Crippen molar-refractivity contribution in [3.63, 3.8) is 0 Å². The Morgan fingerprint density at radius 3 is 2.00 bits per heavy atom. The second kappa shape index (κ2) is 6.08. The topological polar surface area (TPSA) is 38.7 Å². The van der Waals surface area contributed by atoms with Crippen molar-refractivity contribution in [3.05, 3.63) is 53.6 Å². The van der Waals surface area contributed by atoms with Crippen LogP contribution in [0, 0.1) is 0 Å². The molecule has 2 aromatic rings. The van der Waals surface area contributed by atoms with Gasteiger partial charge in [0.05, 0.1) is 14.2 Å². The van der Waals surface area contributed by atoms with E-state index in [1.54, 1.807) is 20.3 Å². The first kappa shape index (κ1) is 15.2. The first-order valence-electron chi connectivity index (χ1n) is 6.96. The highest BCUT2D eigenvalue weighted by atomic mass is 16.5. The molecule has 0 aliphatic heterocycles. The molecule has 0 saturated heterocycles. The maximum atomic E-state index is 10.1. The van der Waals surface area contributed by atoms with Gasteiger partial charge < -0.3 is 14.6 Å². The average Bonchev–Trinajstić information content (AvgIpc) is 2.49. The van der Waals surface area contributed by atoms with Crippen molar-refractivity contribution in [1.82, 2.24) is 0 Å². The van der Waals surface area contributed by atoms with Gasteiger partial charge in [-0.25, -0.2) is 0 Å². The van der Waals surface area contributed by atoms with Crippen LogP contribution in [0.5, 0.6) is 17.2 Å². The number of methoxy groups -OCH3 is 2. The third-order valence-corrected chi connectivity index (χ3v) is 3.80. The summed E-state index contributed by atoms with van der Waals surface area (Å²) < 4.78 is 10.3. The highest BCUT2D eigenvalue weighted by molar-refractivity contribution is 5.42. The molecule has 0 atom stereocenters. The number of ether oxygens (including phenoxy) is 2. The Hall–Kier alpha value is -2.16. The molecule has 0 saturated carbocycles. The molecule has 21 heavy (non-hydrogen) atoms. The Kier molecular flexibility index (Phi) is 4.41. The van der Waals surface area contributed by atoms with E-state index >= 15 is 0 Å². The molecule has 0 bridgehead atoms. The molecule has 0 aliphatic carbocycles. The zero-order valence-electron chi connectivity index (χ0n) is 13.0. The normalized spacial score (nSPS) is 11.2. The van der Waals surface area contributed by atoms with Crippen LogP contribution in [-0.4, -0.2) is 19.3 Å². The predicted octanol–water partition coefficient (Wildman–Crippen LogP) is 3.93. The lowest BCUT2D eigenvalue weighted by atomic mass is 9.79. The van der Waals surface area contributed by atoms with Crippen molar-refractivity contribution in [3.8, 4) is 17.2 Å². The third-order valence-electron chi connectivity index (χ3n) is 3.80. The van der Waals surface area contributed by atoms with Crippen LogP contribution in [0.3, 0.4) is 0 Å². The van der Waals surface area contributed by atoms with Gasteiger partial charge in [-0.2, -0.15) is 0 Å². The van der Waals surface area contributed by atoms with Crippen molar-refractivity contribution >= 4 is 0 Å². The average molecular weight is 286 g/mol.